The highest BCUT2D eigenvalue weighted by Gasteiger charge is 2.09. The van der Waals surface area contributed by atoms with Crippen LogP contribution in [0, 0.1) is 0 Å². The number of amides is 1. The molecule has 1 aromatic carbocycles. The highest BCUT2D eigenvalue weighted by atomic mass is 32.1. The van der Waals surface area contributed by atoms with Crippen LogP contribution in [0.2, 0.25) is 0 Å². The molecule has 3 heteroatoms. The Kier molecular flexibility index (Phi) is 6.12. The van der Waals surface area contributed by atoms with Crippen LogP contribution in [0.25, 0.3) is 0 Å². The molecule has 0 radical (unpaired) electrons. The van der Waals surface area contributed by atoms with Gasteiger partial charge in [-0.25, -0.2) is 0 Å². The minimum atomic E-state index is -0.00935. The van der Waals surface area contributed by atoms with Crippen molar-refractivity contribution >= 4 is 18.5 Å². The van der Waals surface area contributed by atoms with Crippen LogP contribution in [-0.2, 0) is 0 Å². The van der Waals surface area contributed by atoms with Crippen LogP contribution in [0.1, 0.15) is 49.9 Å². The van der Waals surface area contributed by atoms with Crippen molar-refractivity contribution in [1.82, 2.24) is 5.32 Å². The van der Waals surface area contributed by atoms with Crippen LogP contribution in [0.15, 0.2) is 29.2 Å². The third-order valence-electron chi connectivity index (χ3n) is 2.73. The van der Waals surface area contributed by atoms with Gasteiger partial charge in [0.2, 0.25) is 0 Å². The fourth-order valence-electron chi connectivity index (χ4n) is 1.73. The molecule has 0 heterocycles. The molecule has 17 heavy (non-hydrogen) atoms. The first kappa shape index (κ1) is 14.1. The lowest BCUT2D eigenvalue weighted by atomic mass is 10.1. The summed E-state index contributed by atoms with van der Waals surface area (Å²) in [6.45, 7) is 4.24. The molecule has 0 aliphatic rings. The van der Waals surface area contributed by atoms with Crippen molar-refractivity contribution < 1.29 is 4.79 Å². The summed E-state index contributed by atoms with van der Waals surface area (Å²) < 4.78 is 0. The highest BCUT2D eigenvalue weighted by Crippen LogP contribution is 2.09. The average molecular weight is 251 g/mol. The second kappa shape index (κ2) is 7.38. The summed E-state index contributed by atoms with van der Waals surface area (Å²) in [5.41, 5.74) is 0.680. The molecule has 0 aromatic heterocycles. The maximum Gasteiger partial charge on any atom is 0.251 e. The van der Waals surface area contributed by atoms with Crippen LogP contribution in [0.4, 0.5) is 0 Å². The normalized spacial score (nSPS) is 12.2. The Morgan fingerprint density at radius 3 is 2.82 bits per heavy atom. The molecule has 0 bridgehead atoms. The second-order valence-corrected chi connectivity index (χ2v) is 4.94. The van der Waals surface area contributed by atoms with Crippen molar-refractivity contribution in [2.75, 3.05) is 0 Å². The largest absolute Gasteiger partial charge is 0.350 e. The second-order valence-electron chi connectivity index (χ2n) is 4.42. The van der Waals surface area contributed by atoms with Gasteiger partial charge in [0.05, 0.1) is 0 Å². The molecule has 2 nitrogen and oxygen atoms in total. The molecule has 0 aliphatic carbocycles. The fraction of sp³-hybridized carbons (Fsp3) is 0.500. The third-order valence-corrected chi connectivity index (χ3v) is 3.00. The summed E-state index contributed by atoms with van der Waals surface area (Å²) in [6.07, 6.45) is 4.65. The highest BCUT2D eigenvalue weighted by molar-refractivity contribution is 7.80. The molecule has 1 aromatic rings. The van der Waals surface area contributed by atoms with Crippen LogP contribution in [0.3, 0.4) is 0 Å². The van der Waals surface area contributed by atoms with E-state index in [4.69, 9.17) is 0 Å². The van der Waals surface area contributed by atoms with Gasteiger partial charge in [-0.15, -0.1) is 12.6 Å². The molecule has 0 aliphatic heterocycles. The molecule has 1 atom stereocenters. The van der Waals surface area contributed by atoms with Gasteiger partial charge >= 0.3 is 0 Å². The number of hydrogen-bond acceptors (Lipinski definition) is 2. The number of nitrogens with one attached hydrogen (secondary N) is 1. The Morgan fingerprint density at radius 2 is 2.18 bits per heavy atom. The number of unbranched alkanes of at least 4 members (excludes halogenated alkanes) is 2. The third kappa shape index (κ3) is 5.26. The molecule has 0 saturated heterocycles. The lowest BCUT2D eigenvalue weighted by molar-refractivity contribution is 0.0937. The van der Waals surface area contributed by atoms with Crippen molar-refractivity contribution in [1.29, 1.82) is 0 Å². The first-order valence-electron chi connectivity index (χ1n) is 6.23. The van der Waals surface area contributed by atoms with Gasteiger partial charge in [0, 0.05) is 16.5 Å². The minimum Gasteiger partial charge on any atom is -0.350 e. The summed E-state index contributed by atoms with van der Waals surface area (Å²) >= 11 is 4.23. The Morgan fingerprint density at radius 1 is 1.41 bits per heavy atom. The maximum atomic E-state index is 11.9. The van der Waals surface area contributed by atoms with E-state index in [1.54, 1.807) is 6.07 Å². The molecule has 1 unspecified atom stereocenters. The first-order chi connectivity index (χ1) is 8.13. The van der Waals surface area contributed by atoms with E-state index in [1.165, 1.54) is 19.3 Å². The van der Waals surface area contributed by atoms with E-state index in [2.05, 4.69) is 31.8 Å². The first-order valence-corrected chi connectivity index (χ1v) is 6.68. The van der Waals surface area contributed by atoms with E-state index in [0.717, 1.165) is 11.3 Å². The fourth-order valence-corrected chi connectivity index (χ4v) is 1.95. The Balaban J connectivity index is 2.43. The molecule has 1 N–H and O–H groups in total. The number of carbonyl (C=O) groups is 1. The lowest BCUT2D eigenvalue weighted by Crippen LogP contribution is -2.32. The van der Waals surface area contributed by atoms with Gasteiger partial charge in [-0.05, 0) is 31.5 Å². The van der Waals surface area contributed by atoms with Gasteiger partial charge in [-0.1, -0.05) is 32.3 Å². The summed E-state index contributed by atoms with van der Waals surface area (Å²) in [6, 6.07) is 7.55. The van der Waals surface area contributed by atoms with Gasteiger partial charge in [-0.3, -0.25) is 4.79 Å². The monoisotopic (exact) mass is 251 g/mol. The van der Waals surface area contributed by atoms with Crippen molar-refractivity contribution in [3.05, 3.63) is 29.8 Å². The van der Waals surface area contributed by atoms with Gasteiger partial charge in [0.25, 0.3) is 5.91 Å². The topological polar surface area (TPSA) is 29.1 Å². The van der Waals surface area contributed by atoms with Crippen molar-refractivity contribution in [3.8, 4) is 0 Å². The molecule has 0 fully saturated rings. The van der Waals surface area contributed by atoms with E-state index >= 15 is 0 Å². The predicted molar refractivity (Wildman–Crippen MR) is 74.8 cm³/mol. The number of benzene rings is 1. The Bertz CT molecular complexity index is 365. The lowest BCUT2D eigenvalue weighted by Gasteiger charge is -2.13. The van der Waals surface area contributed by atoms with E-state index in [0.29, 0.717) is 5.56 Å². The summed E-state index contributed by atoms with van der Waals surface area (Å²) in [7, 11) is 0. The smallest absolute Gasteiger partial charge is 0.251 e. The minimum absolute atomic E-state index is 0.00935. The zero-order valence-corrected chi connectivity index (χ0v) is 11.5. The van der Waals surface area contributed by atoms with Crippen LogP contribution in [0.5, 0.6) is 0 Å². The predicted octanol–water partition coefficient (Wildman–Crippen LogP) is 3.67. The standard InChI is InChI=1S/C14H21NOS/c1-3-4-5-7-11(2)15-14(16)12-8-6-9-13(17)10-12/h6,8-11,17H,3-5,7H2,1-2H3,(H,15,16). The van der Waals surface area contributed by atoms with E-state index < -0.39 is 0 Å². The van der Waals surface area contributed by atoms with Crippen molar-refractivity contribution in [2.24, 2.45) is 0 Å². The molecular weight excluding hydrogens is 230 g/mol. The van der Waals surface area contributed by atoms with E-state index in [9.17, 15) is 4.79 Å². The molecule has 0 spiro atoms. The van der Waals surface area contributed by atoms with Gasteiger partial charge in [-0.2, -0.15) is 0 Å². The number of thiol groups is 1. The van der Waals surface area contributed by atoms with Gasteiger partial charge < -0.3 is 5.32 Å². The molecule has 94 valence electrons. The Labute approximate surface area is 109 Å². The summed E-state index contributed by atoms with van der Waals surface area (Å²) in [4.78, 5) is 12.7. The quantitative estimate of drug-likeness (QED) is 0.586. The van der Waals surface area contributed by atoms with Crippen LogP contribution in [-0.4, -0.2) is 11.9 Å². The zero-order valence-electron chi connectivity index (χ0n) is 10.6. The molecule has 1 amide bonds. The van der Waals surface area contributed by atoms with Crippen LogP contribution < -0.4 is 5.32 Å². The molecule has 0 saturated carbocycles. The average Bonchev–Trinajstić information content (AvgIpc) is 2.29. The van der Waals surface area contributed by atoms with Crippen molar-refractivity contribution in [3.63, 3.8) is 0 Å². The van der Waals surface area contributed by atoms with E-state index in [-0.39, 0.29) is 11.9 Å². The van der Waals surface area contributed by atoms with E-state index in [1.807, 2.05) is 18.2 Å². The van der Waals surface area contributed by atoms with Crippen LogP contribution >= 0.6 is 12.6 Å². The Hall–Kier alpha value is -0.960. The summed E-state index contributed by atoms with van der Waals surface area (Å²) in [5, 5.41) is 3.01. The zero-order chi connectivity index (χ0) is 12.7. The maximum absolute atomic E-state index is 11.9. The van der Waals surface area contributed by atoms with Crippen molar-refractivity contribution in [2.45, 2.75) is 50.5 Å². The number of carbonyl (C=O) groups excluding carboxylic acids is 1. The summed E-state index contributed by atoms with van der Waals surface area (Å²) in [5.74, 6) is -0.00935. The SMILES string of the molecule is CCCCCC(C)NC(=O)c1cccc(S)c1. The molecule has 1 rings (SSSR count). The number of rotatable bonds is 6. The van der Waals surface area contributed by atoms with Gasteiger partial charge in [0.1, 0.15) is 0 Å². The number of hydrogen-bond donors (Lipinski definition) is 2. The molecular formula is C14H21NOS. The van der Waals surface area contributed by atoms with Gasteiger partial charge in [0.15, 0.2) is 0 Å².